The molecule has 1 N–H and O–H groups in total. The van der Waals surface area contributed by atoms with Gasteiger partial charge in [-0.1, -0.05) is 12.6 Å². The molecule has 68 valence electrons. The first-order chi connectivity index (χ1) is 6.00. The molecule has 0 fully saturated rings. The van der Waals surface area contributed by atoms with E-state index < -0.39 is 11.1 Å². The van der Waals surface area contributed by atoms with Gasteiger partial charge in [0.05, 0.1) is 0 Å². The van der Waals surface area contributed by atoms with Crippen LogP contribution in [0.1, 0.15) is 26.5 Å². The Kier molecular flexibility index (Phi) is 2.67. The largest absolute Gasteiger partial charge is 0.477 e. The van der Waals surface area contributed by atoms with Crippen molar-refractivity contribution in [3.8, 4) is 0 Å². The molecule has 4 nitrogen and oxygen atoms in total. The summed E-state index contributed by atoms with van der Waals surface area (Å²) in [6.45, 7) is 1.69. The monoisotopic (exact) mass is 197 g/mol. The predicted octanol–water partition coefficient (Wildman–Crippen LogP) is 1.16. The van der Waals surface area contributed by atoms with Gasteiger partial charge in [0.15, 0.2) is 0 Å². The summed E-state index contributed by atoms with van der Waals surface area (Å²) in [7, 11) is 0. The number of nitrogens with zero attached hydrogens (tertiary/aromatic N) is 1. The molecule has 1 aromatic heterocycles. The van der Waals surface area contributed by atoms with E-state index in [0.717, 1.165) is 0 Å². The van der Waals surface area contributed by atoms with Gasteiger partial charge in [-0.3, -0.25) is 4.79 Å². The number of aromatic carboxylic acids is 1. The molecule has 0 aromatic carbocycles. The molecule has 0 saturated heterocycles. The molecule has 0 aliphatic rings. The molecule has 0 spiro atoms. The number of carboxylic acids is 1. The standard InChI is InChI=1S/C8H7NO3S/c1-4-2-5(7(10)11)9-6(3-4)8(12)13/h2-3H,1H3,(H,10,11)(H,12,13). The van der Waals surface area contributed by atoms with Gasteiger partial charge < -0.3 is 5.11 Å². The maximum absolute atomic E-state index is 10.8. The smallest absolute Gasteiger partial charge is 0.354 e. The van der Waals surface area contributed by atoms with Crippen molar-refractivity contribution in [2.75, 3.05) is 0 Å². The number of carboxylic acid groups (broad SMARTS) is 1. The first-order valence-corrected chi connectivity index (χ1v) is 3.90. The van der Waals surface area contributed by atoms with Crippen molar-refractivity contribution >= 4 is 23.7 Å². The maximum atomic E-state index is 10.8. The summed E-state index contributed by atoms with van der Waals surface area (Å²) in [6, 6.07) is 2.88. The van der Waals surface area contributed by atoms with Crippen LogP contribution in [0.2, 0.25) is 0 Å². The third-order valence-corrected chi connectivity index (χ3v) is 1.64. The Bertz CT molecular complexity index is 343. The molecular formula is C8H7NO3S. The van der Waals surface area contributed by atoms with Gasteiger partial charge in [-0.2, -0.15) is 0 Å². The van der Waals surface area contributed by atoms with E-state index in [0.29, 0.717) is 5.56 Å². The zero-order valence-corrected chi connectivity index (χ0v) is 7.71. The summed E-state index contributed by atoms with van der Waals surface area (Å²) in [5.74, 6) is -1.15. The molecule has 0 atom stereocenters. The Labute approximate surface area is 80.0 Å². The van der Waals surface area contributed by atoms with Crippen molar-refractivity contribution in [3.63, 3.8) is 0 Å². The summed E-state index contributed by atoms with van der Waals surface area (Å²) >= 11 is 3.56. The molecule has 0 radical (unpaired) electrons. The summed E-state index contributed by atoms with van der Waals surface area (Å²) in [4.78, 5) is 24.9. The molecule has 0 bridgehead atoms. The number of pyridine rings is 1. The highest BCUT2D eigenvalue weighted by Gasteiger charge is 2.09. The third-order valence-electron chi connectivity index (χ3n) is 1.41. The van der Waals surface area contributed by atoms with Crippen LogP contribution in [0, 0.1) is 6.92 Å². The van der Waals surface area contributed by atoms with E-state index in [4.69, 9.17) is 5.11 Å². The molecule has 1 rings (SSSR count). The average molecular weight is 197 g/mol. The number of carbonyl (C=O) groups excluding carboxylic acids is 1. The van der Waals surface area contributed by atoms with E-state index in [9.17, 15) is 9.59 Å². The zero-order chi connectivity index (χ0) is 10.0. The Hall–Kier alpha value is -1.36. The molecule has 1 aromatic rings. The molecular weight excluding hydrogens is 190 g/mol. The number of hydrogen-bond donors (Lipinski definition) is 2. The minimum Gasteiger partial charge on any atom is -0.477 e. The van der Waals surface area contributed by atoms with Gasteiger partial charge in [-0.05, 0) is 24.6 Å². The van der Waals surface area contributed by atoms with Crippen molar-refractivity contribution in [3.05, 3.63) is 29.1 Å². The molecule has 0 saturated carbocycles. The summed E-state index contributed by atoms with van der Waals surface area (Å²) in [5, 5.41) is 8.08. The fraction of sp³-hybridized carbons (Fsp3) is 0.125. The average Bonchev–Trinajstić information content (AvgIpc) is 2.03. The Morgan fingerprint density at radius 2 is 1.92 bits per heavy atom. The second-order valence-corrected chi connectivity index (χ2v) is 2.93. The van der Waals surface area contributed by atoms with Crippen molar-refractivity contribution in [2.45, 2.75) is 6.92 Å². The fourth-order valence-corrected chi connectivity index (χ4v) is 1.00. The minimum absolute atomic E-state index is 0.0562. The first kappa shape index (κ1) is 9.73. The third kappa shape index (κ3) is 2.29. The van der Waals surface area contributed by atoms with Crippen LogP contribution in [-0.2, 0) is 0 Å². The van der Waals surface area contributed by atoms with Crippen LogP contribution in [0.3, 0.4) is 0 Å². The van der Waals surface area contributed by atoms with Gasteiger partial charge in [0.2, 0.25) is 5.12 Å². The SMILES string of the molecule is Cc1cc(C(=O)O)nc(C(=O)S)c1. The quantitative estimate of drug-likeness (QED) is 0.698. The Balaban J connectivity index is 3.26. The van der Waals surface area contributed by atoms with Crippen LogP contribution in [0.15, 0.2) is 12.1 Å². The van der Waals surface area contributed by atoms with Crippen molar-refractivity contribution in [2.24, 2.45) is 0 Å². The minimum atomic E-state index is -1.15. The number of carbonyl (C=O) groups is 2. The van der Waals surface area contributed by atoms with Gasteiger partial charge in [0.25, 0.3) is 0 Å². The predicted molar refractivity (Wildman–Crippen MR) is 49.2 cm³/mol. The van der Waals surface area contributed by atoms with Crippen molar-refractivity contribution in [1.29, 1.82) is 0 Å². The summed E-state index contributed by atoms with van der Waals surface area (Å²) < 4.78 is 0. The van der Waals surface area contributed by atoms with Crippen LogP contribution in [0.5, 0.6) is 0 Å². The zero-order valence-electron chi connectivity index (χ0n) is 6.81. The highest BCUT2D eigenvalue weighted by molar-refractivity contribution is 7.97. The van der Waals surface area contributed by atoms with E-state index in [-0.39, 0.29) is 11.4 Å². The van der Waals surface area contributed by atoms with Crippen LogP contribution in [0.25, 0.3) is 0 Å². The highest BCUT2D eigenvalue weighted by atomic mass is 32.1. The lowest BCUT2D eigenvalue weighted by molar-refractivity contribution is 0.0690. The highest BCUT2D eigenvalue weighted by Crippen LogP contribution is 2.07. The normalized spacial score (nSPS) is 9.69. The van der Waals surface area contributed by atoms with Gasteiger partial charge in [0.1, 0.15) is 11.4 Å². The lowest BCUT2D eigenvalue weighted by atomic mass is 10.2. The van der Waals surface area contributed by atoms with Gasteiger partial charge in [-0.25, -0.2) is 9.78 Å². The van der Waals surface area contributed by atoms with E-state index in [1.54, 1.807) is 6.92 Å². The molecule has 0 aliphatic carbocycles. The molecule has 0 unspecified atom stereocenters. The van der Waals surface area contributed by atoms with E-state index in [1.165, 1.54) is 12.1 Å². The molecule has 1 heterocycles. The number of aromatic nitrogens is 1. The molecule has 13 heavy (non-hydrogen) atoms. The summed E-state index contributed by atoms with van der Waals surface area (Å²) in [5.41, 5.74) is 0.586. The molecule has 5 heteroatoms. The molecule has 0 aliphatic heterocycles. The van der Waals surface area contributed by atoms with Crippen LogP contribution in [0.4, 0.5) is 0 Å². The first-order valence-electron chi connectivity index (χ1n) is 3.46. The van der Waals surface area contributed by atoms with E-state index >= 15 is 0 Å². The number of aryl methyl sites for hydroxylation is 1. The molecule has 0 amide bonds. The van der Waals surface area contributed by atoms with E-state index in [1.807, 2.05) is 0 Å². The Morgan fingerprint density at radius 3 is 2.38 bits per heavy atom. The topological polar surface area (TPSA) is 67.3 Å². The van der Waals surface area contributed by atoms with Crippen molar-refractivity contribution in [1.82, 2.24) is 4.98 Å². The number of thiol groups is 1. The lowest BCUT2D eigenvalue weighted by Gasteiger charge is -1.99. The van der Waals surface area contributed by atoms with E-state index in [2.05, 4.69) is 17.6 Å². The fourth-order valence-electron chi connectivity index (χ4n) is 0.886. The summed E-state index contributed by atoms with van der Waals surface area (Å²) in [6.07, 6.45) is 0. The van der Waals surface area contributed by atoms with Gasteiger partial charge >= 0.3 is 5.97 Å². The van der Waals surface area contributed by atoms with Crippen LogP contribution in [-0.4, -0.2) is 21.2 Å². The van der Waals surface area contributed by atoms with Crippen LogP contribution < -0.4 is 0 Å². The number of hydrogen-bond acceptors (Lipinski definition) is 3. The Morgan fingerprint density at radius 1 is 1.38 bits per heavy atom. The number of rotatable bonds is 2. The second kappa shape index (κ2) is 3.57. The van der Waals surface area contributed by atoms with Crippen molar-refractivity contribution < 1.29 is 14.7 Å². The second-order valence-electron chi connectivity index (χ2n) is 2.53. The van der Waals surface area contributed by atoms with Crippen LogP contribution >= 0.6 is 12.6 Å². The van der Waals surface area contributed by atoms with Gasteiger partial charge in [-0.15, -0.1) is 0 Å². The lowest BCUT2D eigenvalue weighted by Crippen LogP contribution is -2.05. The van der Waals surface area contributed by atoms with Gasteiger partial charge in [0, 0.05) is 0 Å². The maximum Gasteiger partial charge on any atom is 0.354 e.